The highest BCUT2D eigenvalue weighted by atomic mass is 19.4. The number of amides is 1. The van der Waals surface area contributed by atoms with Crippen molar-refractivity contribution in [2.75, 3.05) is 26.0 Å². The number of carbonyl (C=O) groups is 1. The van der Waals surface area contributed by atoms with Crippen LogP contribution in [0.2, 0.25) is 0 Å². The number of ether oxygens (including phenoxy) is 1. The maximum Gasteiger partial charge on any atom is 0.416 e. The summed E-state index contributed by atoms with van der Waals surface area (Å²) in [6.45, 7) is 0.125. The Labute approximate surface area is 158 Å². The summed E-state index contributed by atoms with van der Waals surface area (Å²) in [5, 5.41) is 13.6. The lowest BCUT2D eigenvalue weighted by Crippen LogP contribution is -2.30. The average molecular weight is 397 g/mol. The Bertz CT molecular complexity index is 854. The predicted molar refractivity (Wildman–Crippen MR) is 96.1 cm³/mol. The standard InChI is InChI=1S/C18H18F3N3O4/c1-23(10-12-3-5-13(6-4-12)18(19,20)21)11-17(25)22-15-8-7-14(28-2)9-16(15)24(26)27/h3-9H,10-11H2,1-2H3,(H,22,25). The highest BCUT2D eigenvalue weighted by Crippen LogP contribution is 2.30. The van der Waals surface area contributed by atoms with E-state index < -0.39 is 22.6 Å². The Hall–Kier alpha value is -3.14. The van der Waals surface area contributed by atoms with Gasteiger partial charge in [0.2, 0.25) is 5.91 Å². The quantitative estimate of drug-likeness (QED) is 0.569. The zero-order valence-corrected chi connectivity index (χ0v) is 15.1. The Morgan fingerprint density at radius 3 is 2.39 bits per heavy atom. The van der Waals surface area contributed by atoms with Crippen LogP contribution in [0.4, 0.5) is 24.5 Å². The maximum atomic E-state index is 12.6. The molecule has 0 radical (unpaired) electrons. The molecule has 0 spiro atoms. The van der Waals surface area contributed by atoms with E-state index in [2.05, 4.69) is 5.32 Å². The molecular weight excluding hydrogens is 379 g/mol. The smallest absolute Gasteiger partial charge is 0.416 e. The van der Waals surface area contributed by atoms with E-state index in [-0.39, 0.29) is 30.2 Å². The molecule has 2 aromatic carbocycles. The van der Waals surface area contributed by atoms with Gasteiger partial charge in [-0.05, 0) is 36.9 Å². The van der Waals surface area contributed by atoms with Crippen molar-refractivity contribution >= 4 is 17.3 Å². The van der Waals surface area contributed by atoms with Gasteiger partial charge >= 0.3 is 6.18 Å². The van der Waals surface area contributed by atoms with Crippen LogP contribution < -0.4 is 10.1 Å². The number of carbonyl (C=O) groups excluding carboxylic acids is 1. The number of nitrogens with one attached hydrogen (secondary N) is 1. The highest BCUT2D eigenvalue weighted by Gasteiger charge is 2.30. The van der Waals surface area contributed by atoms with Crippen LogP contribution in [-0.2, 0) is 17.5 Å². The third kappa shape index (κ3) is 5.68. The van der Waals surface area contributed by atoms with E-state index in [1.54, 1.807) is 11.9 Å². The summed E-state index contributed by atoms with van der Waals surface area (Å²) in [5.74, 6) is -0.216. The van der Waals surface area contributed by atoms with E-state index in [1.165, 1.54) is 37.4 Å². The number of halogens is 3. The number of benzene rings is 2. The van der Waals surface area contributed by atoms with Crippen LogP contribution in [0.3, 0.4) is 0 Å². The lowest BCUT2D eigenvalue weighted by atomic mass is 10.1. The van der Waals surface area contributed by atoms with Crippen molar-refractivity contribution in [2.24, 2.45) is 0 Å². The number of anilines is 1. The molecule has 0 aliphatic rings. The second-order valence-electron chi connectivity index (χ2n) is 6.06. The fourth-order valence-corrected chi connectivity index (χ4v) is 2.50. The van der Waals surface area contributed by atoms with Crippen molar-refractivity contribution in [1.82, 2.24) is 4.90 Å². The van der Waals surface area contributed by atoms with Gasteiger partial charge in [-0.2, -0.15) is 13.2 Å². The van der Waals surface area contributed by atoms with Crippen LogP contribution in [0.5, 0.6) is 5.75 Å². The fourth-order valence-electron chi connectivity index (χ4n) is 2.50. The van der Waals surface area contributed by atoms with Crippen molar-refractivity contribution in [3.8, 4) is 5.75 Å². The largest absolute Gasteiger partial charge is 0.496 e. The number of nitro groups is 1. The molecule has 7 nitrogen and oxygen atoms in total. The predicted octanol–water partition coefficient (Wildman–Crippen LogP) is 3.69. The van der Waals surface area contributed by atoms with Gasteiger partial charge in [0.05, 0.1) is 30.2 Å². The van der Waals surface area contributed by atoms with Crippen molar-refractivity contribution in [2.45, 2.75) is 12.7 Å². The Balaban J connectivity index is 1.98. The minimum Gasteiger partial charge on any atom is -0.496 e. The van der Waals surface area contributed by atoms with E-state index in [0.717, 1.165) is 12.1 Å². The number of nitro benzene ring substituents is 1. The molecule has 0 saturated heterocycles. The molecule has 1 N–H and O–H groups in total. The first-order chi connectivity index (χ1) is 13.1. The number of likely N-dealkylation sites (N-methyl/N-ethyl adjacent to an activating group) is 1. The first-order valence-corrected chi connectivity index (χ1v) is 8.07. The van der Waals surface area contributed by atoms with E-state index >= 15 is 0 Å². The molecule has 0 aromatic heterocycles. The minimum atomic E-state index is -4.41. The molecule has 0 heterocycles. The van der Waals surface area contributed by atoms with Gasteiger partial charge in [-0.3, -0.25) is 19.8 Å². The molecule has 0 bridgehead atoms. The molecule has 2 aromatic rings. The van der Waals surface area contributed by atoms with E-state index in [4.69, 9.17) is 4.74 Å². The molecule has 150 valence electrons. The Morgan fingerprint density at radius 2 is 1.86 bits per heavy atom. The summed E-state index contributed by atoms with van der Waals surface area (Å²) in [6, 6.07) is 8.67. The summed E-state index contributed by atoms with van der Waals surface area (Å²) in [6.07, 6.45) is -4.41. The molecule has 1 amide bonds. The third-order valence-electron chi connectivity index (χ3n) is 3.82. The lowest BCUT2D eigenvalue weighted by Gasteiger charge is -2.17. The number of alkyl halides is 3. The molecule has 28 heavy (non-hydrogen) atoms. The van der Waals surface area contributed by atoms with Crippen LogP contribution in [0, 0.1) is 10.1 Å². The van der Waals surface area contributed by atoms with E-state index in [0.29, 0.717) is 5.56 Å². The molecule has 0 fully saturated rings. The van der Waals surface area contributed by atoms with Gasteiger partial charge in [0.1, 0.15) is 11.4 Å². The minimum absolute atomic E-state index is 0.0266. The monoisotopic (exact) mass is 397 g/mol. The summed E-state index contributed by atoms with van der Waals surface area (Å²) in [4.78, 5) is 24.3. The molecule has 2 rings (SSSR count). The fraction of sp³-hybridized carbons (Fsp3) is 0.278. The number of hydrogen-bond acceptors (Lipinski definition) is 5. The molecule has 0 atom stereocenters. The molecule has 10 heteroatoms. The van der Waals surface area contributed by atoms with E-state index in [9.17, 15) is 28.1 Å². The molecule has 0 saturated carbocycles. The SMILES string of the molecule is COc1ccc(NC(=O)CN(C)Cc2ccc(C(F)(F)F)cc2)c([N+](=O)[O-])c1. The number of methoxy groups -OCH3 is 1. The topological polar surface area (TPSA) is 84.7 Å². The summed E-state index contributed by atoms with van der Waals surface area (Å²) >= 11 is 0. The summed E-state index contributed by atoms with van der Waals surface area (Å²) in [7, 11) is 2.98. The highest BCUT2D eigenvalue weighted by molar-refractivity contribution is 5.94. The van der Waals surface area contributed by atoms with Crippen LogP contribution in [0.25, 0.3) is 0 Å². The van der Waals surface area contributed by atoms with E-state index in [1.807, 2.05) is 0 Å². The van der Waals surface area contributed by atoms with Gasteiger partial charge in [-0.1, -0.05) is 12.1 Å². The first-order valence-electron chi connectivity index (χ1n) is 8.07. The number of nitrogens with zero attached hydrogens (tertiary/aromatic N) is 2. The second kappa shape index (κ2) is 8.70. The Morgan fingerprint density at radius 1 is 1.21 bits per heavy atom. The van der Waals surface area contributed by atoms with Crippen LogP contribution in [0.15, 0.2) is 42.5 Å². The Kier molecular flexibility index (Phi) is 6.57. The van der Waals surface area contributed by atoms with Gasteiger partial charge in [0, 0.05) is 6.54 Å². The van der Waals surface area contributed by atoms with Crippen molar-refractivity contribution in [3.05, 3.63) is 63.7 Å². The first kappa shape index (κ1) is 21.2. The van der Waals surface area contributed by atoms with Crippen molar-refractivity contribution in [1.29, 1.82) is 0 Å². The zero-order chi connectivity index (χ0) is 20.9. The van der Waals surface area contributed by atoms with Crippen molar-refractivity contribution < 1.29 is 27.6 Å². The van der Waals surface area contributed by atoms with Crippen LogP contribution in [0.1, 0.15) is 11.1 Å². The average Bonchev–Trinajstić information content (AvgIpc) is 2.61. The maximum absolute atomic E-state index is 12.6. The van der Waals surface area contributed by atoms with Crippen LogP contribution in [-0.4, -0.2) is 36.4 Å². The molecule has 0 unspecified atom stereocenters. The van der Waals surface area contributed by atoms with Gasteiger partial charge in [-0.15, -0.1) is 0 Å². The number of rotatable bonds is 7. The molecule has 0 aliphatic heterocycles. The summed E-state index contributed by atoms with van der Waals surface area (Å²) < 4.78 is 42.7. The van der Waals surface area contributed by atoms with Gasteiger partial charge in [-0.25, -0.2) is 0 Å². The summed E-state index contributed by atoms with van der Waals surface area (Å²) in [5.41, 5.74) is -0.431. The third-order valence-corrected chi connectivity index (χ3v) is 3.82. The van der Waals surface area contributed by atoms with Gasteiger partial charge in [0.25, 0.3) is 5.69 Å². The second-order valence-corrected chi connectivity index (χ2v) is 6.06. The normalized spacial score (nSPS) is 11.4. The van der Waals surface area contributed by atoms with Gasteiger partial charge < -0.3 is 10.1 Å². The van der Waals surface area contributed by atoms with Gasteiger partial charge in [0.15, 0.2) is 0 Å². The lowest BCUT2D eigenvalue weighted by molar-refractivity contribution is -0.384. The molecule has 0 aliphatic carbocycles. The number of hydrogen-bond donors (Lipinski definition) is 1. The van der Waals surface area contributed by atoms with Crippen molar-refractivity contribution in [3.63, 3.8) is 0 Å². The zero-order valence-electron chi connectivity index (χ0n) is 15.1. The van der Waals surface area contributed by atoms with Crippen LogP contribution >= 0.6 is 0 Å². The molecular formula is C18H18F3N3O4.